The molecule has 2 aromatic carbocycles. The molecule has 4 nitrogen and oxygen atoms in total. The van der Waals surface area contributed by atoms with Gasteiger partial charge in [0, 0.05) is 11.1 Å². The molecule has 0 saturated heterocycles. The Kier molecular flexibility index (Phi) is 3.44. The van der Waals surface area contributed by atoms with Gasteiger partial charge < -0.3 is 5.32 Å². The largest absolute Gasteiger partial charge is 0.347 e. The molecule has 0 saturated carbocycles. The Morgan fingerprint density at radius 1 is 1.24 bits per heavy atom. The Morgan fingerprint density at radius 2 is 2.05 bits per heavy atom. The molecule has 0 atom stereocenters. The molecule has 0 spiro atoms. The highest BCUT2D eigenvalue weighted by Crippen LogP contribution is 2.18. The summed E-state index contributed by atoms with van der Waals surface area (Å²) in [6.07, 6.45) is 2.59. The standard InChI is InChI=1S/C17H17N3O/c1-3-13-6-4-5-7-15(13)19-17(21)20-16-9-8-12(2)10-14(16)11-18-20/h4-11H,3H2,1-2H3,(H,19,21). The van der Waals surface area contributed by atoms with Crippen molar-refractivity contribution >= 4 is 22.6 Å². The van der Waals surface area contributed by atoms with E-state index in [1.54, 1.807) is 6.20 Å². The summed E-state index contributed by atoms with van der Waals surface area (Å²) in [5, 5.41) is 8.09. The topological polar surface area (TPSA) is 46.9 Å². The highest BCUT2D eigenvalue weighted by molar-refractivity contribution is 5.97. The van der Waals surface area contributed by atoms with Gasteiger partial charge in [-0.15, -0.1) is 0 Å². The van der Waals surface area contributed by atoms with Crippen molar-refractivity contribution in [3.63, 3.8) is 0 Å². The number of fused-ring (bicyclic) bond motifs is 1. The Balaban J connectivity index is 1.94. The normalized spacial score (nSPS) is 10.8. The number of anilines is 1. The SMILES string of the molecule is CCc1ccccc1NC(=O)n1ncc2cc(C)ccc21. The third-order valence-electron chi connectivity index (χ3n) is 3.56. The lowest BCUT2D eigenvalue weighted by Gasteiger charge is -2.09. The maximum atomic E-state index is 12.4. The number of carbonyl (C=O) groups excluding carboxylic acids is 1. The molecule has 0 aliphatic carbocycles. The molecule has 3 aromatic rings. The van der Waals surface area contributed by atoms with Crippen LogP contribution in [0.5, 0.6) is 0 Å². The highest BCUT2D eigenvalue weighted by atomic mass is 16.2. The van der Waals surface area contributed by atoms with Crippen LogP contribution in [0.2, 0.25) is 0 Å². The van der Waals surface area contributed by atoms with E-state index in [9.17, 15) is 4.79 Å². The number of aromatic nitrogens is 2. The summed E-state index contributed by atoms with van der Waals surface area (Å²) in [5.41, 5.74) is 3.91. The molecule has 21 heavy (non-hydrogen) atoms. The maximum Gasteiger partial charge on any atom is 0.347 e. The predicted molar refractivity (Wildman–Crippen MR) is 84.7 cm³/mol. The Bertz CT molecular complexity index is 805. The summed E-state index contributed by atoms with van der Waals surface area (Å²) in [6, 6.07) is 13.5. The van der Waals surface area contributed by atoms with Gasteiger partial charge in [-0.1, -0.05) is 36.8 Å². The van der Waals surface area contributed by atoms with E-state index in [-0.39, 0.29) is 6.03 Å². The molecular weight excluding hydrogens is 262 g/mol. The molecule has 0 unspecified atom stereocenters. The van der Waals surface area contributed by atoms with E-state index in [0.29, 0.717) is 0 Å². The van der Waals surface area contributed by atoms with Crippen molar-refractivity contribution < 1.29 is 4.79 Å². The summed E-state index contributed by atoms with van der Waals surface area (Å²) in [6.45, 7) is 4.09. The number of rotatable bonds is 2. The number of amides is 1. The minimum Gasteiger partial charge on any atom is -0.306 e. The summed E-state index contributed by atoms with van der Waals surface area (Å²) < 4.78 is 1.40. The molecule has 0 fully saturated rings. The van der Waals surface area contributed by atoms with Gasteiger partial charge >= 0.3 is 6.03 Å². The Labute approximate surface area is 123 Å². The fourth-order valence-corrected chi connectivity index (χ4v) is 2.43. The van der Waals surface area contributed by atoms with Gasteiger partial charge in [-0.2, -0.15) is 9.78 Å². The van der Waals surface area contributed by atoms with Crippen LogP contribution in [0.1, 0.15) is 18.1 Å². The van der Waals surface area contributed by atoms with Gasteiger partial charge in [-0.25, -0.2) is 4.79 Å². The van der Waals surface area contributed by atoms with Crippen molar-refractivity contribution in [2.24, 2.45) is 0 Å². The van der Waals surface area contributed by atoms with Crippen molar-refractivity contribution in [3.8, 4) is 0 Å². The van der Waals surface area contributed by atoms with E-state index in [1.807, 2.05) is 49.4 Å². The smallest absolute Gasteiger partial charge is 0.306 e. The molecule has 1 aromatic heterocycles. The van der Waals surface area contributed by atoms with Gasteiger partial charge in [-0.3, -0.25) is 0 Å². The lowest BCUT2D eigenvalue weighted by Crippen LogP contribution is -2.21. The number of hydrogen-bond donors (Lipinski definition) is 1. The van der Waals surface area contributed by atoms with Crippen molar-refractivity contribution in [1.29, 1.82) is 0 Å². The molecule has 4 heteroatoms. The van der Waals surface area contributed by atoms with Gasteiger partial charge in [0.25, 0.3) is 0 Å². The molecule has 3 rings (SSSR count). The zero-order valence-electron chi connectivity index (χ0n) is 12.1. The molecule has 106 valence electrons. The number of aryl methyl sites for hydroxylation is 2. The van der Waals surface area contributed by atoms with Gasteiger partial charge in [0.05, 0.1) is 11.7 Å². The number of hydrogen-bond acceptors (Lipinski definition) is 2. The van der Waals surface area contributed by atoms with Crippen molar-refractivity contribution in [2.75, 3.05) is 5.32 Å². The molecule has 1 heterocycles. The van der Waals surface area contributed by atoms with Crippen LogP contribution in [0, 0.1) is 6.92 Å². The number of nitrogens with one attached hydrogen (secondary N) is 1. The first-order chi connectivity index (χ1) is 10.2. The fraction of sp³-hybridized carbons (Fsp3) is 0.176. The summed E-state index contributed by atoms with van der Waals surface area (Å²) >= 11 is 0. The summed E-state index contributed by atoms with van der Waals surface area (Å²) in [4.78, 5) is 12.4. The number of para-hydroxylation sites is 1. The van der Waals surface area contributed by atoms with Crippen molar-refractivity contribution in [1.82, 2.24) is 9.78 Å². The summed E-state index contributed by atoms with van der Waals surface area (Å²) in [5.74, 6) is 0. The average molecular weight is 279 g/mol. The van der Waals surface area contributed by atoms with E-state index in [1.165, 1.54) is 4.68 Å². The third-order valence-corrected chi connectivity index (χ3v) is 3.56. The van der Waals surface area contributed by atoms with Gasteiger partial charge in [0.1, 0.15) is 0 Å². The van der Waals surface area contributed by atoms with Crippen molar-refractivity contribution in [2.45, 2.75) is 20.3 Å². The monoisotopic (exact) mass is 279 g/mol. The van der Waals surface area contributed by atoms with Crippen LogP contribution in [0.15, 0.2) is 48.7 Å². The fourth-order valence-electron chi connectivity index (χ4n) is 2.43. The molecule has 0 bridgehead atoms. The quantitative estimate of drug-likeness (QED) is 0.771. The third kappa shape index (κ3) is 2.52. The minimum absolute atomic E-state index is 0.241. The number of benzene rings is 2. The molecule has 0 radical (unpaired) electrons. The van der Waals surface area contributed by atoms with E-state index in [2.05, 4.69) is 17.3 Å². The van der Waals surface area contributed by atoms with Crippen molar-refractivity contribution in [3.05, 3.63) is 59.8 Å². The number of carbonyl (C=O) groups is 1. The van der Waals surface area contributed by atoms with E-state index < -0.39 is 0 Å². The predicted octanol–water partition coefficient (Wildman–Crippen LogP) is 3.99. The second kappa shape index (κ2) is 5.40. The van der Waals surface area contributed by atoms with Crippen LogP contribution in [-0.2, 0) is 6.42 Å². The molecular formula is C17H17N3O. The highest BCUT2D eigenvalue weighted by Gasteiger charge is 2.12. The van der Waals surface area contributed by atoms with Gasteiger partial charge in [0.15, 0.2) is 0 Å². The molecule has 1 N–H and O–H groups in total. The zero-order valence-corrected chi connectivity index (χ0v) is 12.1. The summed E-state index contributed by atoms with van der Waals surface area (Å²) in [7, 11) is 0. The zero-order chi connectivity index (χ0) is 14.8. The van der Waals surface area contributed by atoms with E-state index in [4.69, 9.17) is 0 Å². The Hall–Kier alpha value is -2.62. The molecule has 0 aliphatic heterocycles. The van der Waals surface area contributed by atoms with Crippen LogP contribution in [0.4, 0.5) is 10.5 Å². The van der Waals surface area contributed by atoms with Crippen LogP contribution in [-0.4, -0.2) is 15.8 Å². The van der Waals surface area contributed by atoms with Crippen LogP contribution < -0.4 is 5.32 Å². The van der Waals surface area contributed by atoms with Crippen LogP contribution >= 0.6 is 0 Å². The van der Waals surface area contributed by atoms with Gasteiger partial charge in [-0.05, 0) is 37.1 Å². The maximum absolute atomic E-state index is 12.4. The first kappa shape index (κ1) is 13.4. The Morgan fingerprint density at radius 3 is 2.86 bits per heavy atom. The lowest BCUT2D eigenvalue weighted by molar-refractivity contribution is 0.252. The second-order valence-electron chi connectivity index (χ2n) is 5.06. The van der Waals surface area contributed by atoms with E-state index in [0.717, 1.165) is 34.1 Å². The second-order valence-corrected chi connectivity index (χ2v) is 5.06. The average Bonchev–Trinajstić information content (AvgIpc) is 2.90. The first-order valence-corrected chi connectivity index (χ1v) is 7.02. The molecule has 0 aliphatic rings. The van der Waals surface area contributed by atoms with Gasteiger partial charge in [0.2, 0.25) is 0 Å². The minimum atomic E-state index is -0.241. The number of nitrogens with zero attached hydrogens (tertiary/aromatic N) is 2. The van der Waals surface area contributed by atoms with E-state index >= 15 is 0 Å². The lowest BCUT2D eigenvalue weighted by atomic mass is 10.1. The van der Waals surface area contributed by atoms with Crippen LogP contribution in [0.25, 0.3) is 10.9 Å². The first-order valence-electron chi connectivity index (χ1n) is 7.02. The van der Waals surface area contributed by atoms with Crippen LogP contribution in [0.3, 0.4) is 0 Å². The molecule has 1 amide bonds.